The fraction of sp³-hybridized carbons (Fsp3) is 0.238. The lowest BCUT2D eigenvalue weighted by Crippen LogP contribution is -2.23. The van der Waals surface area contributed by atoms with Gasteiger partial charge in [0.2, 0.25) is 0 Å². The molecule has 1 aromatic heterocycles. The lowest BCUT2D eigenvalue weighted by Gasteiger charge is -2.15. The molecule has 136 valence electrons. The topological polar surface area (TPSA) is 82.2 Å². The van der Waals surface area contributed by atoms with E-state index in [0.29, 0.717) is 11.3 Å². The Bertz CT molecular complexity index is 842. The molecule has 0 saturated carbocycles. The molecule has 0 fully saturated rings. The van der Waals surface area contributed by atoms with Gasteiger partial charge in [-0.1, -0.05) is 19.9 Å². The third-order valence-electron chi connectivity index (χ3n) is 3.99. The molecule has 1 aliphatic rings. The molecule has 0 atom stereocenters. The number of aromatic hydroxyl groups is 1. The van der Waals surface area contributed by atoms with Gasteiger partial charge in [-0.3, -0.25) is 9.59 Å². The van der Waals surface area contributed by atoms with E-state index >= 15 is 0 Å². The van der Waals surface area contributed by atoms with Gasteiger partial charge in [-0.25, -0.2) is 0 Å². The van der Waals surface area contributed by atoms with Crippen LogP contribution in [0.3, 0.4) is 0 Å². The molecule has 0 unspecified atom stereocenters. The van der Waals surface area contributed by atoms with Gasteiger partial charge in [-0.2, -0.15) is 0 Å². The third kappa shape index (κ3) is 4.72. The summed E-state index contributed by atoms with van der Waals surface area (Å²) in [5.74, 6) is -0.0545. The van der Waals surface area contributed by atoms with Gasteiger partial charge in [0.25, 0.3) is 5.91 Å². The minimum Gasteiger partial charge on any atom is -0.508 e. The summed E-state index contributed by atoms with van der Waals surface area (Å²) in [5, 5.41) is 12.1. The summed E-state index contributed by atoms with van der Waals surface area (Å²) in [6.07, 6.45) is 7.18. The highest BCUT2D eigenvalue weighted by Gasteiger charge is 2.13. The molecule has 2 aromatic rings. The van der Waals surface area contributed by atoms with E-state index in [-0.39, 0.29) is 17.4 Å². The number of H-pyrrole nitrogens is 1. The zero-order valence-electron chi connectivity index (χ0n) is 15.3. The summed E-state index contributed by atoms with van der Waals surface area (Å²) in [6.45, 7) is 5.53. The molecule has 0 bridgehead atoms. The number of carbonyl (C=O) groups is 2. The molecular weight excluding hydrogens is 328 g/mol. The van der Waals surface area contributed by atoms with E-state index in [9.17, 15) is 14.7 Å². The quantitative estimate of drug-likeness (QED) is 0.712. The van der Waals surface area contributed by atoms with Crippen LogP contribution in [0.15, 0.2) is 54.4 Å². The molecule has 5 nitrogen and oxygen atoms in total. The predicted molar refractivity (Wildman–Crippen MR) is 103 cm³/mol. The van der Waals surface area contributed by atoms with Crippen LogP contribution in [0.25, 0.3) is 5.57 Å². The maximum atomic E-state index is 12.2. The predicted octanol–water partition coefficient (Wildman–Crippen LogP) is 4.44. The number of nitrogens with one attached hydrogen (secondary N) is 2. The normalized spacial score (nSPS) is 13.0. The highest BCUT2D eigenvalue weighted by atomic mass is 16.3. The average molecular weight is 352 g/mol. The number of phenols is 1. The van der Waals surface area contributed by atoms with Crippen molar-refractivity contribution in [3.63, 3.8) is 0 Å². The summed E-state index contributed by atoms with van der Waals surface area (Å²) in [4.78, 5) is 26.5. The Labute approximate surface area is 153 Å². The second-order valence-corrected chi connectivity index (χ2v) is 5.74. The maximum absolute atomic E-state index is 12.2. The van der Waals surface area contributed by atoms with Crippen molar-refractivity contribution in [3.8, 4) is 5.75 Å². The van der Waals surface area contributed by atoms with Crippen LogP contribution < -0.4 is 5.32 Å². The highest BCUT2D eigenvalue weighted by molar-refractivity contribution is 5.95. The second-order valence-electron chi connectivity index (χ2n) is 5.74. The van der Waals surface area contributed by atoms with E-state index in [1.807, 2.05) is 38.3 Å². The van der Waals surface area contributed by atoms with E-state index in [2.05, 4.69) is 10.3 Å². The number of hydrogen-bond donors (Lipinski definition) is 3. The first-order valence-electron chi connectivity index (χ1n) is 8.73. The summed E-state index contributed by atoms with van der Waals surface area (Å²) in [7, 11) is 0. The lowest BCUT2D eigenvalue weighted by molar-refractivity contribution is 0.0963. The Morgan fingerprint density at radius 3 is 2.31 bits per heavy atom. The van der Waals surface area contributed by atoms with Crippen LogP contribution in [-0.4, -0.2) is 21.8 Å². The van der Waals surface area contributed by atoms with E-state index in [1.54, 1.807) is 12.1 Å². The van der Waals surface area contributed by atoms with Gasteiger partial charge in [-0.05, 0) is 60.4 Å². The first-order valence-corrected chi connectivity index (χ1v) is 8.73. The Morgan fingerprint density at radius 1 is 1.08 bits per heavy atom. The molecule has 1 aliphatic carbocycles. The molecule has 3 rings (SSSR count). The highest BCUT2D eigenvalue weighted by Crippen LogP contribution is 2.26. The van der Waals surface area contributed by atoms with Crippen molar-refractivity contribution in [2.75, 3.05) is 0 Å². The zero-order valence-corrected chi connectivity index (χ0v) is 15.3. The van der Waals surface area contributed by atoms with E-state index < -0.39 is 0 Å². The third-order valence-corrected chi connectivity index (χ3v) is 3.99. The van der Waals surface area contributed by atoms with E-state index in [0.717, 1.165) is 29.7 Å². The van der Waals surface area contributed by atoms with Crippen molar-refractivity contribution < 1.29 is 14.7 Å². The number of aromatic nitrogens is 1. The first-order chi connectivity index (χ1) is 12.5. The smallest absolute Gasteiger partial charge is 0.255 e. The molecule has 0 saturated heterocycles. The number of Topliss-reactive ketones (excluding diaryl/α,β-unsaturated/α-hetero) is 1. The molecule has 3 N–H and O–H groups in total. The molecule has 1 amide bonds. The van der Waals surface area contributed by atoms with E-state index in [1.165, 1.54) is 19.1 Å². The van der Waals surface area contributed by atoms with Gasteiger partial charge in [0.05, 0.1) is 5.69 Å². The molecule has 0 spiro atoms. The van der Waals surface area contributed by atoms with Gasteiger partial charge < -0.3 is 15.4 Å². The summed E-state index contributed by atoms with van der Waals surface area (Å²) in [5.41, 5.74) is 4.07. The van der Waals surface area contributed by atoms with Crippen LogP contribution in [0.5, 0.6) is 5.75 Å². The van der Waals surface area contributed by atoms with Crippen LogP contribution in [0, 0.1) is 0 Å². The molecule has 26 heavy (non-hydrogen) atoms. The van der Waals surface area contributed by atoms with Crippen molar-refractivity contribution in [1.29, 1.82) is 0 Å². The fourth-order valence-corrected chi connectivity index (χ4v) is 2.60. The van der Waals surface area contributed by atoms with Crippen molar-refractivity contribution in [3.05, 3.63) is 71.2 Å². The summed E-state index contributed by atoms with van der Waals surface area (Å²) < 4.78 is 0. The van der Waals surface area contributed by atoms with Crippen molar-refractivity contribution >= 4 is 17.3 Å². The lowest BCUT2D eigenvalue weighted by atomic mass is 9.97. The molecule has 0 radical (unpaired) electrons. The van der Waals surface area contributed by atoms with Crippen LogP contribution in [0.4, 0.5) is 0 Å². The average Bonchev–Trinajstić information content (AvgIpc) is 3.15. The number of phenolic OH excluding ortho intramolecular Hbond substituents is 1. The Balaban J connectivity index is 0.00000117. The van der Waals surface area contributed by atoms with Gasteiger partial charge >= 0.3 is 0 Å². The Hall–Kier alpha value is -3.08. The van der Waals surface area contributed by atoms with Crippen molar-refractivity contribution in [1.82, 2.24) is 10.3 Å². The molecular formula is C21H24N2O3. The number of carbonyl (C=O) groups excluding carboxylic acids is 2. The SMILES string of the molecule is CC.CC(=O)c1cc(C2=CC=C(NC(=O)c3ccc(O)cc3)CC2)c[nH]1. The monoisotopic (exact) mass is 352 g/mol. The standard InChI is InChI=1S/C19H18N2O3.C2H6/c1-12(22)18-10-15(11-20-18)13-2-6-16(7-3-13)21-19(24)14-4-8-17(23)9-5-14;1-2/h2,4-6,8-11,20,23H,3,7H2,1H3,(H,21,24);1-2H3. The van der Waals surface area contributed by atoms with Crippen molar-refractivity contribution in [2.24, 2.45) is 0 Å². The minimum atomic E-state index is -0.196. The van der Waals surface area contributed by atoms with Crippen LogP contribution in [0.2, 0.25) is 0 Å². The number of ketones is 1. The first kappa shape index (κ1) is 19.2. The van der Waals surface area contributed by atoms with Gasteiger partial charge in [0, 0.05) is 24.4 Å². The molecule has 1 aromatic carbocycles. The van der Waals surface area contributed by atoms with Crippen LogP contribution in [0.1, 0.15) is 60.0 Å². The summed E-state index contributed by atoms with van der Waals surface area (Å²) >= 11 is 0. The molecule has 0 aliphatic heterocycles. The number of aromatic amines is 1. The molecule has 5 heteroatoms. The number of allylic oxidation sites excluding steroid dienone is 4. The van der Waals surface area contributed by atoms with Gasteiger partial charge in [0.1, 0.15) is 5.75 Å². The minimum absolute atomic E-state index is 0.00931. The number of hydrogen-bond acceptors (Lipinski definition) is 3. The fourth-order valence-electron chi connectivity index (χ4n) is 2.60. The molecule has 1 heterocycles. The second kappa shape index (κ2) is 8.85. The number of benzene rings is 1. The summed E-state index contributed by atoms with van der Waals surface area (Å²) in [6, 6.07) is 7.99. The number of amides is 1. The van der Waals surface area contributed by atoms with Crippen LogP contribution >= 0.6 is 0 Å². The Morgan fingerprint density at radius 2 is 1.77 bits per heavy atom. The van der Waals surface area contributed by atoms with Crippen molar-refractivity contribution in [2.45, 2.75) is 33.6 Å². The van der Waals surface area contributed by atoms with E-state index in [4.69, 9.17) is 0 Å². The zero-order chi connectivity index (χ0) is 19.1. The maximum Gasteiger partial charge on any atom is 0.255 e. The van der Waals surface area contributed by atoms with Gasteiger partial charge in [-0.15, -0.1) is 0 Å². The Kier molecular flexibility index (Phi) is 6.55. The van der Waals surface area contributed by atoms with Crippen LogP contribution in [-0.2, 0) is 0 Å². The van der Waals surface area contributed by atoms with Gasteiger partial charge in [0.15, 0.2) is 5.78 Å². The largest absolute Gasteiger partial charge is 0.508 e. The number of rotatable bonds is 4.